The van der Waals surface area contributed by atoms with Gasteiger partial charge in [-0.2, -0.15) is 0 Å². The molecule has 3 rings (SSSR count). The molecule has 0 atom stereocenters. The zero-order valence-corrected chi connectivity index (χ0v) is 13.3. The van der Waals surface area contributed by atoms with Gasteiger partial charge in [-0.15, -0.1) is 5.10 Å². The number of carbonyl (C=O) groups excluding carboxylic acids is 1. The predicted octanol–water partition coefficient (Wildman–Crippen LogP) is 1.74. The Morgan fingerprint density at radius 2 is 2.09 bits per heavy atom. The van der Waals surface area contributed by atoms with E-state index in [1.54, 1.807) is 4.68 Å². The molecule has 0 bridgehead atoms. The molecule has 122 valence electrons. The van der Waals surface area contributed by atoms with Gasteiger partial charge in [0.25, 0.3) is 0 Å². The number of aromatic nitrogens is 3. The summed E-state index contributed by atoms with van der Waals surface area (Å²) < 4.78 is 1.70. The number of hydrogen-bond donors (Lipinski definition) is 2. The van der Waals surface area contributed by atoms with Gasteiger partial charge in [0.2, 0.25) is 5.91 Å². The number of rotatable bonds is 7. The molecule has 0 saturated heterocycles. The number of nitrogens with one attached hydrogen (secondary N) is 1. The Morgan fingerprint density at radius 3 is 2.77 bits per heavy atom. The second kappa shape index (κ2) is 5.99. The molecule has 2 N–H and O–H groups in total. The van der Waals surface area contributed by atoms with Crippen LogP contribution < -0.4 is 5.32 Å². The molecule has 1 aromatic rings. The Hall–Kier alpha value is -1.43. The van der Waals surface area contributed by atoms with Gasteiger partial charge in [-0.1, -0.05) is 25.0 Å². The Morgan fingerprint density at radius 1 is 1.36 bits per heavy atom. The lowest BCUT2D eigenvalue weighted by molar-refractivity contribution is -0.121. The van der Waals surface area contributed by atoms with Crippen molar-refractivity contribution in [3.05, 3.63) is 11.9 Å². The molecule has 0 spiro atoms. The predicted molar refractivity (Wildman–Crippen MR) is 82.0 cm³/mol. The van der Waals surface area contributed by atoms with E-state index in [-0.39, 0.29) is 5.91 Å². The van der Waals surface area contributed by atoms with Crippen molar-refractivity contribution in [2.24, 2.45) is 5.41 Å². The summed E-state index contributed by atoms with van der Waals surface area (Å²) in [6.07, 6.45) is 9.52. The SMILES string of the molecule is CC1(CCC(=O)NCCn2cc(C3(O)CCCC3)nn2)CC1. The number of amides is 1. The first-order valence-electron chi connectivity index (χ1n) is 8.39. The molecule has 6 heteroatoms. The highest BCUT2D eigenvalue weighted by Gasteiger charge is 2.37. The topological polar surface area (TPSA) is 80.0 Å². The number of carbonyl (C=O) groups is 1. The Labute approximate surface area is 131 Å². The lowest BCUT2D eigenvalue weighted by atomic mass is 9.99. The first-order chi connectivity index (χ1) is 10.5. The lowest BCUT2D eigenvalue weighted by Gasteiger charge is -2.17. The van der Waals surface area contributed by atoms with E-state index in [1.165, 1.54) is 12.8 Å². The summed E-state index contributed by atoms with van der Waals surface area (Å²) in [5, 5.41) is 21.5. The van der Waals surface area contributed by atoms with Crippen molar-refractivity contribution in [2.45, 2.75) is 70.4 Å². The van der Waals surface area contributed by atoms with Gasteiger partial charge in [0.05, 0.1) is 12.7 Å². The van der Waals surface area contributed by atoms with E-state index in [1.807, 2.05) is 6.20 Å². The van der Waals surface area contributed by atoms with Crippen LogP contribution in [0.5, 0.6) is 0 Å². The summed E-state index contributed by atoms with van der Waals surface area (Å²) in [6, 6.07) is 0. The van der Waals surface area contributed by atoms with Gasteiger partial charge in [-0.05, 0) is 37.5 Å². The molecule has 1 aromatic heterocycles. The molecule has 6 nitrogen and oxygen atoms in total. The molecule has 0 aliphatic heterocycles. The van der Waals surface area contributed by atoms with E-state index in [9.17, 15) is 9.90 Å². The monoisotopic (exact) mass is 306 g/mol. The van der Waals surface area contributed by atoms with Crippen molar-refractivity contribution in [1.29, 1.82) is 0 Å². The lowest BCUT2D eigenvalue weighted by Crippen LogP contribution is -2.27. The van der Waals surface area contributed by atoms with E-state index < -0.39 is 5.60 Å². The minimum absolute atomic E-state index is 0.114. The zero-order valence-electron chi connectivity index (χ0n) is 13.3. The second-order valence-corrected chi connectivity index (χ2v) is 7.27. The van der Waals surface area contributed by atoms with Crippen molar-refractivity contribution in [3.8, 4) is 0 Å². The zero-order chi connectivity index (χ0) is 15.6. The van der Waals surface area contributed by atoms with Crippen LogP contribution in [0.1, 0.15) is 64.0 Å². The molecule has 2 aliphatic carbocycles. The molecular formula is C16H26N4O2. The number of aliphatic hydroxyl groups is 1. The maximum atomic E-state index is 11.8. The third-order valence-corrected chi connectivity index (χ3v) is 5.17. The van der Waals surface area contributed by atoms with Crippen LogP contribution in [-0.4, -0.2) is 32.6 Å². The average Bonchev–Trinajstić information content (AvgIpc) is 2.92. The highest BCUT2D eigenvalue weighted by molar-refractivity contribution is 5.75. The summed E-state index contributed by atoms with van der Waals surface area (Å²) >= 11 is 0. The summed E-state index contributed by atoms with van der Waals surface area (Å²) in [5.74, 6) is 0.114. The van der Waals surface area contributed by atoms with Gasteiger partial charge in [0, 0.05) is 13.0 Å². The van der Waals surface area contributed by atoms with Crippen LogP contribution in [0.3, 0.4) is 0 Å². The summed E-state index contributed by atoms with van der Waals surface area (Å²) in [4.78, 5) is 11.8. The van der Waals surface area contributed by atoms with Crippen LogP contribution in [0.2, 0.25) is 0 Å². The second-order valence-electron chi connectivity index (χ2n) is 7.27. The molecule has 0 aromatic carbocycles. The molecule has 0 unspecified atom stereocenters. The highest BCUT2D eigenvalue weighted by Crippen LogP contribution is 2.48. The van der Waals surface area contributed by atoms with E-state index in [2.05, 4.69) is 22.6 Å². The van der Waals surface area contributed by atoms with E-state index in [0.717, 1.165) is 32.1 Å². The van der Waals surface area contributed by atoms with Gasteiger partial charge in [0.1, 0.15) is 11.3 Å². The van der Waals surface area contributed by atoms with E-state index in [0.29, 0.717) is 30.6 Å². The smallest absolute Gasteiger partial charge is 0.220 e. The van der Waals surface area contributed by atoms with Gasteiger partial charge < -0.3 is 10.4 Å². The molecule has 1 amide bonds. The molecule has 2 fully saturated rings. The standard InChI is InChI=1S/C16H26N4O2/c1-15(8-9-15)7-4-14(21)17-10-11-20-12-13(18-19-20)16(22)5-2-3-6-16/h12,22H,2-11H2,1H3,(H,17,21). The maximum absolute atomic E-state index is 11.8. The minimum atomic E-state index is -0.790. The van der Waals surface area contributed by atoms with Crippen LogP contribution in [0.25, 0.3) is 0 Å². The summed E-state index contributed by atoms with van der Waals surface area (Å²) in [6.45, 7) is 3.38. The summed E-state index contributed by atoms with van der Waals surface area (Å²) in [5.41, 5.74) is 0.300. The van der Waals surface area contributed by atoms with Gasteiger partial charge in [-0.25, -0.2) is 0 Å². The molecule has 2 aliphatic rings. The molecule has 0 radical (unpaired) electrons. The van der Waals surface area contributed by atoms with E-state index >= 15 is 0 Å². The quantitative estimate of drug-likeness (QED) is 0.804. The van der Waals surface area contributed by atoms with Crippen molar-refractivity contribution >= 4 is 5.91 Å². The first-order valence-corrected chi connectivity index (χ1v) is 8.39. The molecular weight excluding hydrogens is 280 g/mol. The van der Waals surface area contributed by atoms with Crippen LogP contribution in [-0.2, 0) is 16.9 Å². The summed E-state index contributed by atoms with van der Waals surface area (Å²) in [7, 11) is 0. The number of nitrogens with zero attached hydrogens (tertiary/aromatic N) is 3. The molecule has 1 heterocycles. The van der Waals surface area contributed by atoms with E-state index in [4.69, 9.17) is 0 Å². The third kappa shape index (κ3) is 3.66. The maximum Gasteiger partial charge on any atom is 0.220 e. The van der Waals surface area contributed by atoms with Gasteiger partial charge in [0.15, 0.2) is 0 Å². The first kappa shape index (κ1) is 15.5. The molecule has 22 heavy (non-hydrogen) atoms. The minimum Gasteiger partial charge on any atom is -0.383 e. The van der Waals surface area contributed by atoms with Crippen LogP contribution in [0.15, 0.2) is 6.20 Å². The van der Waals surface area contributed by atoms with Gasteiger partial charge >= 0.3 is 0 Å². The third-order valence-electron chi connectivity index (χ3n) is 5.17. The van der Waals surface area contributed by atoms with Crippen molar-refractivity contribution in [3.63, 3.8) is 0 Å². The fourth-order valence-electron chi connectivity index (χ4n) is 3.11. The Bertz CT molecular complexity index is 530. The Balaban J connectivity index is 1.40. The number of hydrogen-bond acceptors (Lipinski definition) is 4. The van der Waals surface area contributed by atoms with Gasteiger partial charge in [-0.3, -0.25) is 9.48 Å². The van der Waals surface area contributed by atoms with Crippen molar-refractivity contribution < 1.29 is 9.90 Å². The normalized spacial score (nSPS) is 21.7. The average molecular weight is 306 g/mol. The fourth-order valence-corrected chi connectivity index (χ4v) is 3.11. The molecule has 2 saturated carbocycles. The largest absolute Gasteiger partial charge is 0.383 e. The van der Waals surface area contributed by atoms with Crippen molar-refractivity contribution in [2.75, 3.05) is 6.54 Å². The highest BCUT2D eigenvalue weighted by atomic mass is 16.3. The fraction of sp³-hybridized carbons (Fsp3) is 0.812. The Kier molecular flexibility index (Phi) is 4.21. The van der Waals surface area contributed by atoms with Crippen molar-refractivity contribution in [1.82, 2.24) is 20.3 Å². The van der Waals surface area contributed by atoms with Crippen LogP contribution in [0, 0.1) is 5.41 Å². The van der Waals surface area contributed by atoms with Crippen LogP contribution >= 0.6 is 0 Å². The van der Waals surface area contributed by atoms with Crippen LogP contribution in [0.4, 0.5) is 0 Å².